The van der Waals surface area contributed by atoms with Crippen molar-refractivity contribution in [1.29, 1.82) is 5.26 Å². The van der Waals surface area contributed by atoms with Crippen molar-refractivity contribution in [3.8, 4) is 17.4 Å². The van der Waals surface area contributed by atoms with Gasteiger partial charge in [-0.05, 0) is 30.3 Å². The van der Waals surface area contributed by atoms with Gasteiger partial charge in [0.05, 0.1) is 29.3 Å². The van der Waals surface area contributed by atoms with Crippen molar-refractivity contribution in [3.63, 3.8) is 0 Å². The van der Waals surface area contributed by atoms with Gasteiger partial charge >= 0.3 is 5.97 Å². The fourth-order valence-corrected chi connectivity index (χ4v) is 2.94. The summed E-state index contributed by atoms with van der Waals surface area (Å²) in [6.07, 6.45) is 1.61. The minimum Gasteiger partial charge on any atom is -0.465 e. The molecule has 0 unspecified atom stereocenters. The van der Waals surface area contributed by atoms with Crippen molar-refractivity contribution in [3.05, 3.63) is 77.8 Å². The van der Waals surface area contributed by atoms with Gasteiger partial charge in [-0.15, -0.1) is 0 Å². The van der Waals surface area contributed by atoms with Gasteiger partial charge in [-0.3, -0.25) is 0 Å². The Kier molecular flexibility index (Phi) is 4.48. The summed E-state index contributed by atoms with van der Waals surface area (Å²) in [6, 6.07) is 20.2. The van der Waals surface area contributed by atoms with E-state index in [1.54, 1.807) is 36.4 Å². The van der Waals surface area contributed by atoms with Crippen molar-refractivity contribution in [2.24, 2.45) is 0 Å². The van der Waals surface area contributed by atoms with E-state index in [4.69, 9.17) is 9.15 Å². The predicted molar refractivity (Wildman–Crippen MR) is 105 cm³/mol. The molecule has 4 aromatic rings. The van der Waals surface area contributed by atoms with Crippen LogP contribution in [0.1, 0.15) is 21.9 Å². The zero-order valence-corrected chi connectivity index (χ0v) is 15.0. The number of H-pyrrole nitrogens is 1. The van der Waals surface area contributed by atoms with E-state index in [2.05, 4.69) is 16.0 Å². The predicted octanol–water partition coefficient (Wildman–Crippen LogP) is 4.67. The molecular formula is C22H15N3O3. The van der Waals surface area contributed by atoms with E-state index in [0.717, 1.165) is 11.0 Å². The van der Waals surface area contributed by atoms with Crippen LogP contribution in [0, 0.1) is 11.3 Å². The molecule has 0 amide bonds. The van der Waals surface area contributed by atoms with Crippen LogP contribution in [0.2, 0.25) is 0 Å². The Labute approximate surface area is 160 Å². The highest BCUT2D eigenvalue weighted by Crippen LogP contribution is 2.28. The third-order valence-electron chi connectivity index (χ3n) is 4.28. The number of ether oxygens (including phenoxy) is 1. The van der Waals surface area contributed by atoms with E-state index in [-0.39, 0.29) is 0 Å². The largest absolute Gasteiger partial charge is 0.465 e. The zero-order valence-electron chi connectivity index (χ0n) is 15.0. The minimum atomic E-state index is -0.441. The lowest BCUT2D eigenvalue weighted by molar-refractivity contribution is 0.0601. The van der Waals surface area contributed by atoms with Gasteiger partial charge in [-0.25, -0.2) is 9.78 Å². The number of benzene rings is 2. The first-order chi connectivity index (χ1) is 13.7. The molecule has 0 aliphatic rings. The first-order valence-electron chi connectivity index (χ1n) is 8.54. The second-order valence-corrected chi connectivity index (χ2v) is 6.01. The molecular weight excluding hydrogens is 354 g/mol. The molecule has 0 fully saturated rings. The summed E-state index contributed by atoms with van der Waals surface area (Å²) >= 11 is 0. The summed E-state index contributed by atoms with van der Waals surface area (Å²) in [5.74, 6) is 1.02. The number of hydrogen-bond acceptors (Lipinski definition) is 5. The van der Waals surface area contributed by atoms with Crippen LogP contribution in [0.25, 0.3) is 34.0 Å². The smallest absolute Gasteiger partial charge is 0.338 e. The first kappa shape index (κ1) is 17.3. The van der Waals surface area contributed by atoms with Crippen LogP contribution in [-0.4, -0.2) is 23.0 Å². The van der Waals surface area contributed by atoms with E-state index in [9.17, 15) is 10.1 Å². The highest BCUT2D eigenvalue weighted by atomic mass is 16.5. The number of esters is 1. The Bertz CT molecular complexity index is 1210. The van der Waals surface area contributed by atoms with Crippen LogP contribution in [0.3, 0.4) is 0 Å². The van der Waals surface area contributed by atoms with Gasteiger partial charge in [0.25, 0.3) is 0 Å². The number of carbonyl (C=O) groups excluding carboxylic acids is 1. The van der Waals surface area contributed by atoms with Crippen LogP contribution in [0.4, 0.5) is 0 Å². The highest BCUT2D eigenvalue weighted by Gasteiger charge is 2.15. The van der Waals surface area contributed by atoms with Crippen molar-refractivity contribution in [1.82, 2.24) is 9.97 Å². The van der Waals surface area contributed by atoms with Gasteiger partial charge in [0.2, 0.25) is 0 Å². The van der Waals surface area contributed by atoms with Gasteiger partial charge in [0, 0.05) is 11.6 Å². The fraction of sp³-hybridized carbons (Fsp3) is 0.0455. The van der Waals surface area contributed by atoms with E-state index >= 15 is 0 Å². The number of nitriles is 1. The number of nitrogens with one attached hydrogen (secondary N) is 1. The van der Waals surface area contributed by atoms with Gasteiger partial charge in [-0.1, -0.05) is 30.3 Å². The lowest BCUT2D eigenvalue weighted by atomic mass is 10.1. The van der Waals surface area contributed by atoms with E-state index in [1.165, 1.54) is 7.11 Å². The minimum absolute atomic E-state index is 0.346. The summed E-state index contributed by atoms with van der Waals surface area (Å²) in [5.41, 5.74) is 3.01. The number of aromatic nitrogens is 2. The Morgan fingerprint density at radius 1 is 1.14 bits per heavy atom. The first-order valence-corrected chi connectivity index (χ1v) is 8.54. The average molecular weight is 369 g/mol. The molecule has 2 aromatic heterocycles. The SMILES string of the molecule is COC(=O)c1ccccc1-c1ccc(C=C(C#N)c2nc3ccccc3[nH]2)o1. The molecule has 4 rings (SSSR count). The number of imidazole rings is 1. The number of allylic oxidation sites excluding steroid dienone is 1. The molecule has 6 heteroatoms. The van der Waals surface area contributed by atoms with Gasteiger partial charge in [0.1, 0.15) is 23.4 Å². The standard InChI is InChI=1S/C22H15N3O3/c1-27-22(26)17-7-3-2-6-16(17)20-11-10-15(28-20)12-14(13-23)21-24-18-8-4-5-9-19(18)25-21/h2-12H,1H3,(H,24,25). The highest BCUT2D eigenvalue weighted by molar-refractivity contribution is 5.96. The molecule has 1 N–H and O–H groups in total. The van der Waals surface area contributed by atoms with Crippen molar-refractivity contribution >= 4 is 28.7 Å². The fourth-order valence-electron chi connectivity index (χ4n) is 2.94. The molecule has 0 bridgehead atoms. The van der Waals surface area contributed by atoms with Crippen LogP contribution >= 0.6 is 0 Å². The molecule has 0 saturated heterocycles. The summed E-state index contributed by atoms with van der Waals surface area (Å²) in [6.45, 7) is 0. The van der Waals surface area contributed by atoms with E-state index < -0.39 is 5.97 Å². The number of carbonyl (C=O) groups is 1. The molecule has 0 spiro atoms. The lowest BCUT2D eigenvalue weighted by Crippen LogP contribution is -2.02. The number of furan rings is 1. The quantitative estimate of drug-likeness (QED) is 0.417. The van der Waals surface area contributed by atoms with Gasteiger partial charge in [0.15, 0.2) is 0 Å². The third kappa shape index (κ3) is 3.17. The van der Waals surface area contributed by atoms with Gasteiger partial charge in [-0.2, -0.15) is 5.26 Å². The second kappa shape index (κ2) is 7.25. The third-order valence-corrected chi connectivity index (χ3v) is 4.28. The van der Waals surface area contributed by atoms with Crippen LogP contribution in [0.15, 0.2) is 65.1 Å². The van der Waals surface area contributed by atoms with Gasteiger partial charge < -0.3 is 14.1 Å². The molecule has 0 aliphatic carbocycles. The van der Waals surface area contributed by atoms with Crippen LogP contribution < -0.4 is 0 Å². The summed E-state index contributed by atoms with van der Waals surface area (Å²) in [5, 5.41) is 9.56. The number of nitrogens with zero attached hydrogens (tertiary/aromatic N) is 2. The second-order valence-electron chi connectivity index (χ2n) is 6.01. The molecule has 0 aliphatic heterocycles. The van der Waals surface area contributed by atoms with Crippen molar-refractivity contribution in [2.45, 2.75) is 0 Å². The Hall–Kier alpha value is -4.11. The Balaban J connectivity index is 1.71. The summed E-state index contributed by atoms with van der Waals surface area (Å²) in [7, 11) is 1.34. The molecule has 0 radical (unpaired) electrons. The number of para-hydroxylation sites is 2. The number of methoxy groups -OCH3 is 1. The normalized spacial score (nSPS) is 11.4. The maximum absolute atomic E-state index is 12.0. The monoisotopic (exact) mass is 369 g/mol. The number of rotatable bonds is 4. The van der Waals surface area contributed by atoms with E-state index in [0.29, 0.717) is 34.0 Å². The molecule has 0 saturated carbocycles. The Morgan fingerprint density at radius 2 is 1.93 bits per heavy atom. The summed E-state index contributed by atoms with van der Waals surface area (Å²) in [4.78, 5) is 19.6. The number of hydrogen-bond donors (Lipinski definition) is 1. The van der Waals surface area contributed by atoms with Crippen LogP contribution in [0.5, 0.6) is 0 Å². The molecule has 2 heterocycles. The van der Waals surface area contributed by atoms with Crippen molar-refractivity contribution < 1.29 is 13.9 Å². The molecule has 0 atom stereocenters. The average Bonchev–Trinajstić information content (AvgIpc) is 3.38. The number of aromatic amines is 1. The molecule has 136 valence electrons. The summed E-state index contributed by atoms with van der Waals surface area (Å²) < 4.78 is 10.7. The maximum atomic E-state index is 12.0. The van der Waals surface area contributed by atoms with Crippen molar-refractivity contribution in [2.75, 3.05) is 7.11 Å². The Morgan fingerprint density at radius 3 is 2.71 bits per heavy atom. The molecule has 2 aromatic carbocycles. The zero-order chi connectivity index (χ0) is 19.5. The maximum Gasteiger partial charge on any atom is 0.338 e. The number of fused-ring (bicyclic) bond motifs is 1. The molecule has 28 heavy (non-hydrogen) atoms. The van der Waals surface area contributed by atoms with E-state index in [1.807, 2.05) is 30.3 Å². The lowest BCUT2D eigenvalue weighted by Gasteiger charge is -2.04. The van der Waals surface area contributed by atoms with Crippen LogP contribution in [-0.2, 0) is 4.74 Å². The molecule has 6 nitrogen and oxygen atoms in total. The topological polar surface area (TPSA) is 91.9 Å².